The average molecular weight is 381 g/mol. The van der Waals surface area contributed by atoms with Crippen LogP contribution >= 0.6 is 11.6 Å². The van der Waals surface area contributed by atoms with Crippen LogP contribution in [0.5, 0.6) is 0 Å². The monoisotopic (exact) mass is 380 g/mol. The predicted molar refractivity (Wildman–Crippen MR) is 108 cm³/mol. The van der Waals surface area contributed by atoms with Crippen LogP contribution in [0, 0.1) is 13.8 Å². The summed E-state index contributed by atoms with van der Waals surface area (Å²) in [5, 5.41) is 0.485. The maximum absolute atomic E-state index is 6.08. The van der Waals surface area contributed by atoms with Gasteiger partial charge in [-0.25, -0.2) is 19.9 Å². The summed E-state index contributed by atoms with van der Waals surface area (Å²) >= 11 is 6.08. The van der Waals surface area contributed by atoms with E-state index >= 15 is 0 Å². The second-order valence-electron chi connectivity index (χ2n) is 6.59. The zero-order valence-corrected chi connectivity index (χ0v) is 16.2. The molecule has 0 radical (unpaired) electrons. The van der Waals surface area contributed by atoms with Crippen molar-refractivity contribution in [3.05, 3.63) is 59.3 Å². The fraction of sp³-hybridized carbons (Fsp3) is 0.300. The van der Waals surface area contributed by atoms with Gasteiger partial charge in [-0.15, -0.1) is 0 Å². The summed E-state index contributed by atoms with van der Waals surface area (Å²) < 4.78 is 0. The molecule has 27 heavy (non-hydrogen) atoms. The predicted octanol–water partition coefficient (Wildman–Crippen LogP) is 3.53. The molecule has 0 N–H and O–H groups in total. The van der Waals surface area contributed by atoms with Crippen molar-refractivity contribution in [1.82, 2.24) is 19.9 Å². The number of aryl methyl sites for hydroxylation is 2. The minimum atomic E-state index is 0.485. The number of benzene rings is 1. The van der Waals surface area contributed by atoms with Crippen LogP contribution in [0.4, 0.5) is 11.6 Å². The van der Waals surface area contributed by atoms with E-state index in [4.69, 9.17) is 11.6 Å². The van der Waals surface area contributed by atoms with E-state index in [1.165, 1.54) is 0 Å². The van der Waals surface area contributed by atoms with Gasteiger partial charge in [-0.3, -0.25) is 0 Å². The summed E-state index contributed by atoms with van der Waals surface area (Å²) in [6.45, 7) is 7.25. The molecule has 1 aromatic carbocycles. The smallest absolute Gasteiger partial charge is 0.134 e. The number of anilines is 2. The third-order valence-corrected chi connectivity index (χ3v) is 4.81. The molecule has 0 atom stereocenters. The van der Waals surface area contributed by atoms with Crippen molar-refractivity contribution >= 4 is 23.2 Å². The lowest BCUT2D eigenvalue weighted by atomic mass is 10.1. The lowest BCUT2D eigenvalue weighted by Crippen LogP contribution is -2.47. The second kappa shape index (κ2) is 7.48. The zero-order valence-electron chi connectivity index (χ0n) is 15.4. The number of rotatable bonds is 3. The topological polar surface area (TPSA) is 58.0 Å². The van der Waals surface area contributed by atoms with Crippen LogP contribution in [0.15, 0.2) is 42.5 Å². The van der Waals surface area contributed by atoms with Crippen LogP contribution in [-0.4, -0.2) is 46.1 Å². The molecule has 0 amide bonds. The Morgan fingerprint density at radius 1 is 0.741 bits per heavy atom. The number of nitrogens with zero attached hydrogens (tertiary/aromatic N) is 6. The minimum Gasteiger partial charge on any atom is -0.353 e. The Hall–Kier alpha value is -2.73. The summed E-state index contributed by atoms with van der Waals surface area (Å²) in [5.74, 6) is 3.33. The van der Waals surface area contributed by atoms with Gasteiger partial charge >= 0.3 is 0 Å². The molecule has 7 heteroatoms. The van der Waals surface area contributed by atoms with Crippen molar-refractivity contribution < 1.29 is 0 Å². The van der Waals surface area contributed by atoms with Crippen LogP contribution < -0.4 is 9.80 Å². The van der Waals surface area contributed by atoms with Crippen LogP contribution in [0.25, 0.3) is 11.3 Å². The summed E-state index contributed by atoms with van der Waals surface area (Å²) in [5.41, 5.74) is 2.06. The van der Waals surface area contributed by atoms with Gasteiger partial charge in [0.05, 0.1) is 5.69 Å². The van der Waals surface area contributed by atoms with Gasteiger partial charge in [0.15, 0.2) is 0 Å². The highest BCUT2D eigenvalue weighted by molar-refractivity contribution is 6.29. The van der Waals surface area contributed by atoms with Crippen molar-refractivity contribution in [2.24, 2.45) is 0 Å². The van der Waals surface area contributed by atoms with Gasteiger partial charge in [-0.2, -0.15) is 0 Å². The van der Waals surface area contributed by atoms with Gasteiger partial charge in [0, 0.05) is 43.9 Å². The van der Waals surface area contributed by atoms with E-state index < -0.39 is 0 Å². The maximum Gasteiger partial charge on any atom is 0.134 e. The van der Waals surface area contributed by atoms with Crippen molar-refractivity contribution in [2.45, 2.75) is 13.8 Å². The Morgan fingerprint density at radius 2 is 1.30 bits per heavy atom. The number of hydrogen-bond donors (Lipinski definition) is 0. The molecule has 0 unspecified atom stereocenters. The fourth-order valence-electron chi connectivity index (χ4n) is 3.31. The third kappa shape index (κ3) is 4.01. The van der Waals surface area contributed by atoms with Crippen molar-refractivity contribution in [3.63, 3.8) is 0 Å². The Balaban J connectivity index is 1.52. The molecule has 3 heterocycles. The first-order valence-electron chi connectivity index (χ1n) is 9.01. The summed E-state index contributed by atoms with van der Waals surface area (Å²) in [4.78, 5) is 22.4. The van der Waals surface area contributed by atoms with Crippen LogP contribution in [0.1, 0.15) is 11.6 Å². The quantitative estimate of drug-likeness (QED) is 0.648. The lowest BCUT2D eigenvalue weighted by Gasteiger charge is -2.36. The number of hydrogen-bond acceptors (Lipinski definition) is 6. The van der Waals surface area contributed by atoms with Gasteiger partial charge in [0.1, 0.15) is 28.4 Å². The van der Waals surface area contributed by atoms with Crippen molar-refractivity contribution in [1.29, 1.82) is 0 Å². The van der Waals surface area contributed by atoms with Crippen LogP contribution in [0.3, 0.4) is 0 Å². The van der Waals surface area contributed by atoms with E-state index in [9.17, 15) is 0 Å². The molecule has 138 valence electrons. The Morgan fingerprint density at radius 3 is 1.89 bits per heavy atom. The number of halogens is 1. The first-order chi connectivity index (χ1) is 13.1. The molecule has 6 nitrogen and oxygen atoms in total. The first kappa shape index (κ1) is 17.7. The van der Waals surface area contributed by atoms with Crippen LogP contribution in [-0.2, 0) is 0 Å². The van der Waals surface area contributed by atoms with E-state index in [1.54, 1.807) is 0 Å². The van der Waals surface area contributed by atoms with Crippen LogP contribution in [0.2, 0.25) is 5.15 Å². The SMILES string of the molecule is Cc1nc(Cl)cc(N2CCN(c3cc(-c4ccccc4)nc(C)n3)CC2)n1. The van der Waals surface area contributed by atoms with Gasteiger partial charge in [-0.1, -0.05) is 41.9 Å². The van der Waals surface area contributed by atoms with Gasteiger partial charge in [0.2, 0.25) is 0 Å². The summed E-state index contributed by atoms with van der Waals surface area (Å²) in [6.07, 6.45) is 0. The molecule has 1 aliphatic rings. The fourth-order valence-corrected chi connectivity index (χ4v) is 3.53. The summed E-state index contributed by atoms with van der Waals surface area (Å²) in [7, 11) is 0. The number of piperazine rings is 1. The van der Waals surface area contributed by atoms with E-state index in [-0.39, 0.29) is 0 Å². The molecule has 1 aliphatic heterocycles. The molecular formula is C20H21ClN6. The lowest BCUT2D eigenvalue weighted by molar-refractivity contribution is 0.638. The zero-order chi connectivity index (χ0) is 18.8. The molecular weight excluding hydrogens is 360 g/mol. The first-order valence-corrected chi connectivity index (χ1v) is 9.38. The normalized spacial score (nSPS) is 14.5. The van der Waals surface area contributed by atoms with E-state index in [2.05, 4.69) is 47.9 Å². The molecule has 1 saturated heterocycles. The third-order valence-electron chi connectivity index (χ3n) is 4.61. The molecule has 0 bridgehead atoms. The Labute approximate surface area is 163 Å². The Kier molecular flexibility index (Phi) is 4.90. The molecule has 4 rings (SSSR count). The van der Waals surface area contributed by atoms with Crippen molar-refractivity contribution in [3.8, 4) is 11.3 Å². The van der Waals surface area contributed by atoms with E-state index in [1.807, 2.05) is 38.1 Å². The maximum atomic E-state index is 6.08. The van der Waals surface area contributed by atoms with Crippen molar-refractivity contribution in [2.75, 3.05) is 36.0 Å². The molecule has 0 saturated carbocycles. The standard InChI is InChI=1S/C20H21ClN6/c1-14-22-17(16-6-4-3-5-7-16)12-19(24-14)26-8-10-27(11-9-26)20-13-18(21)23-15(2)25-20/h3-7,12-13H,8-11H2,1-2H3. The van der Waals surface area contributed by atoms with E-state index in [0.29, 0.717) is 11.0 Å². The van der Waals surface area contributed by atoms with Gasteiger partial charge < -0.3 is 9.80 Å². The highest BCUT2D eigenvalue weighted by Gasteiger charge is 2.21. The summed E-state index contributed by atoms with van der Waals surface area (Å²) in [6, 6.07) is 14.1. The molecule has 0 aliphatic carbocycles. The highest BCUT2D eigenvalue weighted by Crippen LogP contribution is 2.24. The molecule has 0 spiro atoms. The number of aromatic nitrogens is 4. The molecule has 3 aromatic rings. The van der Waals surface area contributed by atoms with Gasteiger partial charge in [-0.05, 0) is 13.8 Å². The minimum absolute atomic E-state index is 0.485. The molecule has 2 aromatic heterocycles. The average Bonchev–Trinajstić information content (AvgIpc) is 2.67. The largest absolute Gasteiger partial charge is 0.353 e. The highest BCUT2D eigenvalue weighted by atomic mass is 35.5. The van der Waals surface area contributed by atoms with E-state index in [0.717, 1.165) is 54.9 Å². The van der Waals surface area contributed by atoms with Gasteiger partial charge in [0.25, 0.3) is 0 Å². The molecule has 1 fully saturated rings. The Bertz CT molecular complexity index is 918. The second-order valence-corrected chi connectivity index (χ2v) is 6.98.